The van der Waals surface area contributed by atoms with Crippen LogP contribution in [-0.4, -0.2) is 0 Å². The van der Waals surface area contributed by atoms with E-state index in [-0.39, 0.29) is 0 Å². The molecule has 9 aromatic rings. The smallest absolute Gasteiger partial charge is 0.0546 e. The zero-order valence-electron chi connectivity index (χ0n) is 28.7. The van der Waals surface area contributed by atoms with E-state index in [1.54, 1.807) is 0 Å². The van der Waals surface area contributed by atoms with Gasteiger partial charge in [0.05, 0.1) is 11.4 Å². The van der Waals surface area contributed by atoms with Gasteiger partial charge in [0.1, 0.15) is 0 Å². The van der Waals surface area contributed by atoms with Crippen molar-refractivity contribution in [3.05, 3.63) is 217 Å². The molecule has 2 nitrogen and oxygen atoms in total. The monoisotopic (exact) mass is 664 g/mol. The molecule has 9 rings (SSSR count). The maximum Gasteiger partial charge on any atom is 0.0546 e. The molecule has 0 heterocycles. The van der Waals surface area contributed by atoms with Crippen LogP contribution in [0.4, 0.5) is 34.1 Å². The van der Waals surface area contributed by atoms with Crippen LogP contribution >= 0.6 is 0 Å². The molecule has 0 aliphatic rings. The number of rotatable bonds is 8. The summed E-state index contributed by atoms with van der Waals surface area (Å²) >= 11 is 0. The lowest BCUT2D eigenvalue weighted by Crippen LogP contribution is -2.11. The van der Waals surface area contributed by atoms with Gasteiger partial charge in [0.25, 0.3) is 0 Å². The SMILES string of the molecule is C(=Cc1ccc(N(c2cccc3ccccc23)c2cc3ccccc3c3ccccc23)cc1)c1ccc(N(c2ccccc2)c2ccccc2)cc1. The molecule has 0 aliphatic carbocycles. The van der Waals surface area contributed by atoms with Crippen molar-refractivity contribution in [1.82, 2.24) is 0 Å². The molecular weight excluding hydrogens is 629 g/mol. The fraction of sp³-hybridized carbons (Fsp3) is 0. The van der Waals surface area contributed by atoms with Gasteiger partial charge >= 0.3 is 0 Å². The summed E-state index contributed by atoms with van der Waals surface area (Å²) in [7, 11) is 0. The number of para-hydroxylation sites is 2. The summed E-state index contributed by atoms with van der Waals surface area (Å²) in [5.41, 5.74) is 9.10. The number of hydrogen-bond acceptors (Lipinski definition) is 2. The average Bonchev–Trinajstić information content (AvgIpc) is 3.22. The predicted molar refractivity (Wildman–Crippen MR) is 224 cm³/mol. The Bertz CT molecular complexity index is 2620. The van der Waals surface area contributed by atoms with Gasteiger partial charge in [0.15, 0.2) is 0 Å². The summed E-state index contributed by atoms with van der Waals surface area (Å²) in [5, 5.41) is 7.40. The largest absolute Gasteiger partial charge is 0.311 e. The molecule has 2 heteroatoms. The topological polar surface area (TPSA) is 6.48 Å². The summed E-state index contributed by atoms with van der Waals surface area (Å²) in [6, 6.07) is 73.7. The fourth-order valence-electron chi connectivity index (χ4n) is 7.29. The Morgan fingerprint density at radius 2 is 0.712 bits per heavy atom. The number of hydrogen-bond donors (Lipinski definition) is 0. The van der Waals surface area contributed by atoms with Gasteiger partial charge in [-0.25, -0.2) is 0 Å². The van der Waals surface area contributed by atoms with E-state index in [0.717, 1.165) is 45.3 Å². The second-order valence-corrected chi connectivity index (χ2v) is 13.0. The second-order valence-electron chi connectivity index (χ2n) is 13.0. The molecule has 0 atom stereocenters. The standard InChI is InChI=1S/C50H36N2/c1-3-17-41(18-4-1)51(42-19-5-2-6-20-42)43-32-28-37(29-33-43)26-27-38-30-34-44(35-31-38)52(49-25-13-16-39-14-7-10-22-46(39)49)50-36-40-15-8-9-21-45(40)47-23-11-12-24-48(47)50/h1-36H. The number of benzene rings is 9. The molecule has 0 bridgehead atoms. The van der Waals surface area contributed by atoms with E-state index in [1.807, 2.05) is 0 Å². The van der Waals surface area contributed by atoms with Crippen molar-refractivity contribution in [3.8, 4) is 0 Å². The normalized spacial score (nSPS) is 11.4. The van der Waals surface area contributed by atoms with E-state index >= 15 is 0 Å². The van der Waals surface area contributed by atoms with Crippen LogP contribution in [-0.2, 0) is 0 Å². The highest BCUT2D eigenvalue weighted by atomic mass is 15.1. The third-order valence-corrected chi connectivity index (χ3v) is 9.79. The Labute approximate surface area is 304 Å². The molecule has 0 fully saturated rings. The molecule has 0 aromatic heterocycles. The van der Waals surface area contributed by atoms with Crippen molar-refractivity contribution in [2.75, 3.05) is 9.80 Å². The molecule has 0 aliphatic heterocycles. The fourth-order valence-corrected chi connectivity index (χ4v) is 7.29. The van der Waals surface area contributed by atoms with Crippen molar-refractivity contribution >= 4 is 78.6 Å². The van der Waals surface area contributed by atoms with Gasteiger partial charge in [0, 0.05) is 33.5 Å². The molecule has 0 saturated heterocycles. The van der Waals surface area contributed by atoms with Crippen molar-refractivity contribution in [1.29, 1.82) is 0 Å². The molecular formula is C50H36N2. The predicted octanol–water partition coefficient (Wildman–Crippen LogP) is 14.3. The minimum Gasteiger partial charge on any atom is -0.311 e. The minimum absolute atomic E-state index is 1.11. The molecule has 0 saturated carbocycles. The van der Waals surface area contributed by atoms with Gasteiger partial charge in [-0.15, -0.1) is 0 Å². The van der Waals surface area contributed by atoms with Crippen LogP contribution in [0, 0.1) is 0 Å². The molecule has 0 radical (unpaired) electrons. The maximum atomic E-state index is 2.43. The first-order valence-electron chi connectivity index (χ1n) is 17.8. The van der Waals surface area contributed by atoms with Gasteiger partial charge in [-0.1, -0.05) is 158 Å². The van der Waals surface area contributed by atoms with Crippen molar-refractivity contribution in [3.63, 3.8) is 0 Å². The van der Waals surface area contributed by atoms with E-state index in [0.29, 0.717) is 0 Å². The summed E-state index contributed by atoms with van der Waals surface area (Å²) in [5.74, 6) is 0. The van der Waals surface area contributed by atoms with Crippen LogP contribution in [0.5, 0.6) is 0 Å². The minimum atomic E-state index is 1.11. The first-order valence-corrected chi connectivity index (χ1v) is 17.8. The zero-order chi connectivity index (χ0) is 34.7. The highest BCUT2D eigenvalue weighted by Gasteiger charge is 2.19. The van der Waals surface area contributed by atoms with Gasteiger partial charge in [-0.2, -0.15) is 0 Å². The molecule has 0 N–H and O–H groups in total. The van der Waals surface area contributed by atoms with Crippen LogP contribution in [0.2, 0.25) is 0 Å². The zero-order valence-corrected chi connectivity index (χ0v) is 28.7. The molecule has 9 aromatic carbocycles. The van der Waals surface area contributed by atoms with Crippen molar-refractivity contribution in [2.45, 2.75) is 0 Å². The number of fused-ring (bicyclic) bond motifs is 4. The van der Waals surface area contributed by atoms with Crippen LogP contribution in [0.1, 0.15) is 11.1 Å². The van der Waals surface area contributed by atoms with E-state index in [1.165, 1.54) is 32.3 Å². The van der Waals surface area contributed by atoms with Crippen LogP contribution < -0.4 is 9.80 Å². The average molecular weight is 665 g/mol. The Kier molecular flexibility index (Phi) is 8.24. The van der Waals surface area contributed by atoms with E-state index in [2.05, 4.69) is 228 Å². The van der Waals surface area contributed by atoms with Gasteiger partial charge < -0.3 is 9.80 Å². The van der Waals surface area contributed by atoms with Crippen molar-refractivity contribution < 1.29 is 0 Å². The summed E-state index contributed by atoms with van der Waals surface area (Å²) in [6.07, 6.45) is 4.38. The van der Waals surface area contributed by atoms with Crippen LogP contribution in [0.3, 0.4) is 0 Å². The van der Waals surface area contributed by atoms with E-state index in [4.69, 9.17) is 0 Å². The lowest BCUT2D eigenvalue weighted by Gasteiger charge is -2.29. The maximum absolute atomic E-state index is 2.43. The molecule has 0 amide bonds. The first-order chi connectivity index (χ1) is 25.8. The van der Waals surface area contributed by atoms with E-state index in [9.17, 15) is 0 Å². The number of nitrogens with zero attached hydrogens (tertiary/aromatic N) is 2. The van der Waals surface area contributed by atoms with E-state index < -0.39 is 0 Å². The highest BCUT2D eigenvalue weighted by molar-refractivity contribution is 6.15. The van der Waals surface area contributed by atoms with Crippen molar-refractivity contribution in [2.24, 2.45) is 0 Å². The third kappa shape index (κ3) is 5.97. The first kappa shape index (κ1) is 31.1. The summed E-state index contributed by atoms with van der Waals surface area (Å²) < 4.78 is 0. The van der Waals surface area contributed by atoms with Gasteiger partial charge in [0.2, 0.25) is 0 Å². The molecule has 0 unspecified atom stereocenters. The summed E-state index contributed by atoms with van der Waals surface area (Å²) in [4.78, 5) is 4.71. The Morgan fingerprint density at radius 3 is 1.33 bits per heavy atom. The lowest BCUT2D eigenvalue weighted by molar-refractivity contribution is 1.28. The molecule has 52 heavy (non-hydrogen) atoms. The highest BCUT2D eigenvalue weighted by Crippen LogP contribution is 2.44. The van der Waals surface area contributed by atoms with Crippen LogP contribution in [0.15, 0.2) is 206 Å². The molecule has 0 spiro atoms. The third-order valence-electron chi connectivity index (χ3n) is 9.79. The quantitative estimate of drug-likeness (QED) is 0.118. The van der Waals surface area contributed by atoms with Gasteiger partial charge in [-0.05, 0) is 93.3 Å². The lowest BCUT2D eigenvalue weighted by atomic mass is 9.98. The summed E-state index contributed by atoms with van der Waals surface area (Å²) in [6.45, 7) is 0. The number of anilines is 6. The van der Waals surface area contributed by atoms with Crippen LogP contribution in [0.25, 0.3) is 44.5 Å². The second kappa shape index (κ2) is 13.8. The Morgan fingerprint density at radius 1 is 0.269 bits per heavy atom. The Hall–Kier alpha value is -6.90. The Balaban J connectivity index is 1.07. The van der Waals surface area contributed by atoms with Gasteiger partial charge in [-0.3, -0.25) is 0 Å². The molecule has 246 valence electrons.